The van der Waals surface area contributed by atoms with Gasteiger partial charge in [0.15, 0.2) is 0 Å². The lowest BCUT2D eigenvalue weighted by atomic mass is 10.0. The van der Waals surface area contributed by atoms with Crippen LogP contribution in [0.3, 0.4) is 0 Å². The first-order valence-electron chi connectivity index (χ1n) is 6.72. The lowest BCUT2D eigenvalue weighted by Crippen LogP contribution is -2.45. The molecule has 0 aliphatic carbocycles. The summed E-state index contributed by atoms with van der Waals surface area (Å²) >= 11 is 0. The minimum atomic E-state index is -0.897. The van der Waals surface area contributed by atoms with Crippen LogP contribution in [0, 0.1) is 5.92 Å². The quantitative estimate of drug-likeness (QED) is 0.773. The smallest absolute Gasteiger partial charge is 0.408 e. The Labute approximate surface area is 122 Å². The van der Waals surface area contributed by atoms with Gasteiger partial charge in [-0.15, -0.1) is 0 Å². The molecule has 0 spiro atoms. The van der Waals surface area contributed by atoms with Crippen LogP contribution in [-0.2, 0) is 21.0 Å². The summed E-state index contributed by atoms with van der Waals surface area (Å²) < 4.78 is 5.07. The number of hydrogen-bond donors (Lipinski definition) is 3. The highest BCUT2D eigenvalue weighted by Gasteiger charge is 2.26. The average Bonchev–Trinajstić information content (AvgIpc) is 2.72. The zero-order chi connectivity index (χ0) is 15.1. The second-order valence-corrected chi connectivity index (χ2v) is 4.78. The molecule has 7 nitrogen and oxygen atoms in total. The summed E-state index contributed by atoms with van der Waals surface area (Å²) in [5, 5.41) is 11.6. The Hall–Kier alpha value is -2.12. The van der Waals surface area contributed by atoms with Gasteiger partial charge in [-0.1, -0.05) is 30.3 Å². The molecule has 1 saturated heterocycles. The Bertz CT molecular complexity index is 480. The second kappa shape index (κ2) is 7.61. The van der Waals surface area contributed by atoms with Gasteiger partial charge in [0.05, 0.1) is 12.5 Å². The minimum absolute atomic E-state index is 0.155. The van der Waals surface area contributed by atoms with Crippen LogP contribution in [-0.4, -0.2) is 29.9 Å². The highest BCUT2D eigenvalue weighted by molar-refractivity contribution is 5.70. The molecule has 1 aliphatic heterocycles. The van der Waals surface area contributed by atoms with E-state index in [0.29, 0.717) is 6.42 Å². The third-order valence-electron chi connectivity index (χ3n) is 3.17. The molecule has 0 radical (unpaired) electrons. The van der Waals surface area contributed by atoms with E-state index in [1.807, 2.05) is 30.3 Å². The number of carbonyl (C=O) groups excluding carboxylic acids is 1. The van der Waals surface area contributed by atoms with E-state index in [0.717, 1.165) is 5.56 Å². The largest absolute Gasteiger partial charge is 0.481 e. The maximum atomic E-state index is 11.7. The number of hydrogen-bond acceptors (Lipinski definition) is 5. The SMILES string of the molecule is O=C(NC1CC(C(=O)O)CCON1)OCc1ccccc1. The fourth-order valence-corrected chi connectivity index (χ4v) is 2.03. The van der Waals surface area contributed by atoms with E-state index in [1.165, 1.54) is 0 Å². The highest BCUT2D eigenvalue weighted by atomic mass is 16.6. The molecular weight excluding hydrogens is 276 g/mol. The normalized spacial score (nSPS) is 22.1. The molecule has 2 atom stereocenters. The molecule has 1 fully saturated rings. The van der Waals surface area contributed by atoms with Crippen molar-refractivity contribution < 1.29 is 24.3 Å². The van der Waals surface area contributed by atoms with Gasteiger partial charge in [-0.25, -0.2) is 4.79 Å². The number of carbonyl (C=O) groups is 2. The van der Waals surface area contributed by atoms with Crippen molar-refractivity contribution in [1.82, 2.24) is 10.8 Å². The average molecular weight is 294 g/mol. The van der Waals surface area contributed by atoms with Crippen LogP contribution in [0.15, 0.2) is 30.3 Å². The van der Waals surface area contributed by atoms with Crippen molar-refractivity contribution in [3.05, 3.63) is 35.9 Å². The number of hydroxylamine groups is 1. The molecule has 1 aliphatic rings. The first-order valence-corrected chi connectivity index (χ1v) is 6.72. The van der Waals surface area contributed by atoms with E-state index in [4.69, 9.17) is 14.7 Å². The standard InChI is InChI=1S/C14H18N2O5/c17-13(18)11-6-7-21-16-12(8-11)15-14(19)20-9-10-4-2-1-3-5-10/h1-5,11-12,16H,6-9H2,(H,15,19)(H,17,18). The molecule has 1 heterocycles. The number of rotatable bonds is 4. The number of aliphatic carboxylic acids is 1. The van der Waals surface area contributed by atoms with Crippen molar-refractivity contribution in [1.29, 1.82) is 0 Å². The van der Waals surface area contributed by atoms with E-state index in [-0.39, 0.29) is 19.6 Å². The molecule has 114 valence electrons. The summed E-state index contributed by atoms with van der Waals surface area (Å²) in [6.07, 6.45) is -0.558. The van der Waals surface area contributed by atoms with E-state index in [9.17, 15) is 9.59 Å². The van der Waals surface area contributed by atoms with Gasteiger partial charge in [-0.2, -0.15) is 5.48 Å². The fourth-order valence-electron chi connectivity index (χ4n) is 2.03. The highest BCUT2D eigenvalue weighted by Crippen LogP contribution is 2.14. The molecule has 0 saturated carbocycles. The van der Waals surface area contributed by atoms with Crippen LogP contribution < -0.4 is 10.8 Å². The summed E-state index contributed by atoms with van der Waals surface area (Å²) in [7, 11) is 0. The van der Waals surface area contributed by atoms with Gasteiger partial charge in [-0.3, -0.25) is 9.63 Å². The Kier molecular flexibility index (Phi) is 5.53. The number of carboxylic acids is 1. The number of nitrogens with one attached hydrogen (secondary N) is 2. The zero-order valence-electron chi connectivity index (χ0n) is 11.5. The van der Waals surface area contributed by atoms with Gasteiger partial charge in [0.25, 0.3) is 0 Å². The molecule has 2 rings (SSSR count). The molecule has 0 bridgehead atoms. The van der Waals surface area contributed by atoms with Crippen LogP contribution in [0.2, 0.25) is 0 Å². The lowest BCUT2D eigenvalue weighted by Gasteiger charge is -2.18. The molecule has 7 heteroatoms. The van der Waals surface area contributed by atoms with E-state index in [2.05, 4.69) is 10.8 Å². The Morgan fingerprint density at radius 2 is 2.14 bits per heavy atom. The molecular formula is C14H18N2O5. The summed E-state index contributed by atoms with van der Waals surface area (Å²) in [6.45, 7) is 0.441. The predicted molar refractivity (Wildman–Crippen MR) is 73.0 cm³/mol. The van der Waals surface area contributed by atoms with Crippen molar-refractivity contribution in [2.24, 2.45) is 5.92 Å². The zero-order valence-corrected chi connectivity index (χ0v) is 11.5. The van der Waals surface area contributed by atoms with Crippen molar-refractivity contribution >= 4 is 12.1 Å². The van der Waals surface area contributed by atoms with Gasteiger partial charge in [-0.05, 0) is 18.4 Å². The number of carboxylic acid groups (broad SMARTS) is 1. The summed E-state index contributed by atoms with van der Waals surface area (Å²) in [4.78, 5) is 27.8. The van der Waals surface area contributed by atoms with Gasteiger partial charge < -0.3 is 15.2 Å². The van der Waals surface area contributed by atoms with Crippen LogP contribution in [0.1, 0.15) is 18.4 Å². The van der Waals surface area contributed by atoms with Gasteiger partial charge in [0, 0.05) is 0 Å². The van der Waals surface area contributed by atoms with Crippen LogP contribution >= 0.6 is 0 Å². The third kappa shape index (κ3) is 5.05. The summed E-state index contributed by atoms with van der Waals surface area (Å²) in [6, 6.07) is 9.29. The van der Waals surface area contributed by atoms with Crippen LogP contribution in [0.4, 0.5) is 4.79 Å². The predicted octanol–water partition coefficient (Wildman–Crippen LogP) is 1.25. The van der Waals surface area contributed by atoms with Crippen molar-refractivity contribution in [3.8, 4) is 0 Å². The lowest BCUT2D eigenvalue weighted by molar-refractivity contribution is -0.142. The molecule has 1 aromatic rings. The van der Waals surface area contributed by atoms with Gasteiger partial charge in [0.1, 0.15) is 12.8 Å². The van der Waals surface area contributed by atoms with E-state index in [1.54, 1.807) is 0 Å². The maximum Gasteiger partial charge on any atom is 0.408 e. The number of ether oxygens (including phenoxy) is 1. The van der Waals surface area contributed by atoms with Gasteiger partial charge >= 0.3 is 12.1 Å². The van der Waals surface area contributed by atoms with Crippen LogP contribution in [0.25, 0.3) is 0 Å². The Morgan fingerprint density at radius 1 is 1.38 bits per heavy atom. The Morgan fingerprint density at radius 3 is 2.86 bits per heavy atom. The first-order chi connectivity index (χ1) is 10.1. The van der Waals surface area contributed by atoms with Crippen LogP contribution in [0.5, 0.6) is 0 Å². The number of amides is 1. The minimum Gasteiger partial charge on any atom is -0.481 e. The molecule has 1 amide bonds. The first kappa shape index (κ1) is 15.3. The van der Waals surface area contributed by atoms with E-state index < -0.39 is 24.1 Å². The third-order valence-corrected chi connectivity index (χ3v) is 3.17. The number of alkyl carbamates (subject to hydrolysis) is 1. The molecule has 2 unspecified atom stereocenters. The Balaban J connectivity index is 1.79. The van der Waals surface area contributed by atoms with Gasteiger partial charge in [0.2, 0.25) is 0 Å². The number of benzene rings is 1. The maximum absolute atomic E-state index is 11.7. The summed E-state index contributed by atoms with van der Waals surface area (Å²) in [5.74, 6) is -1.45. The second-order valence-electron chi connectivity index (χ2n) is 4.78. The van der Waals surface area contributed by atoms with Crippen molar-refractivity contribution in [3.63, 3.8) is 0 Å². The summed E-state index contributed by atoms with van der Waals surface area (Å²) in [5.41, 5.74) is 3.50. The fraction of sp³-hybridized carbons (Fsp3) is 0.429. The monoisotopic (exact) mass is 294 g/mol. The molecule has 21 heavy (non-hydrogen) atoms. The van der Waals surface area contributed by atoms with E-state index >= 15 is 0 Å². The van der Waals surface area contributed by atoms with Crippen molar-refractivity contribution in [2.75, 3.05) is 6.61 Å². The van der Waals surface area contributed by atoms with Crippen molar-refractivity contribution in [2.45, 2.75) is 25.6 Å². The molecule has 1 aromatic carbocycles. The molecule has 3 N–H and O–H groups in total. The topological polar surface area (TPSA) is 96.9 Å². The molecule has 0 aromatic heterocycles.